The molecule has 1 aromatic heterocycles. The Morgan fingerprint density at radius 2 is 2.14 bits per heavy atom. The second-order valence-electron chi connectivity index (χ2n) is 5.24. The smallest absolute Gasteiger partial charge is 0.254 e. The largest absolute Gasteiger partial charge is 0.370 e. The van der Waals surface area contributed by atoms with E-state index < -0.39 is 0 Å². The molecule has 0 aliphatic heterocycles. The van der Waals surface area contributed by atoms with E-state index in [0.29, 0.717) is 5.56 Å². The maximum Gasteiger partial charge on any atom is 0.254 e. The lowest BCUT2D eigenvalue weighted by Crippen LogP contribution is -2.38. The lowest BCUT2D eigenvalue weighted by molar-refractivity contribution is 0.0743. The molecule has 0 bridgehead atoms. The van der Waals surface area contributed by atoms with Gasteiger partial charge in [-0.1, -0.05) is 13.8 Å². The molecule has 118 valence electrons. The molecule has 5 heteroatoms. The summed E-state index contributed by atoms with van der Waals surface area (Å²) in [5.41, 5.74) is 1.58. The van der Waals surface area contributed by atoms with Crippen LogP contribution in [0.2, 0.25) is 0 Å². The Morgan fingerprint density at radius 1 is 1.43 bits per heavy atom. The van der Waals surface area contributed by atoms with Crippen LogP contribution in [0, 0.1) is 6.92 Å². The first kappa shape index (κ1) is 17.8. The third-order valence-corrected chi connectivity index (χ3v) is 4.17. The molecular formula is C16H27N3OS. The number of nitrogens with zero attached hydrogens (tertiary/aromatic N) is 2. The number of aromatic nitrogens is 1. The van der Waals surface area contributed by atoms with Crippen LogP contribution in [0.3, 0.4) is 0 Å². The number of aryl methyl sites for hydroxylation is 1. The van der Waals surface area contributed by atoms with E-state index in [1.54, 1.807) is 11.8 Å². The molecule has 4 nitrogen and oxygen atoms in total. The molecule has 0 saturated heterocycles. The summed E-state index contributed by atoms with van der Waals surface area (Å²) in [6, 6.07) is 3.99. The molecule has 1 aromatic rings. The van der Waals surface area contributed by atoms with Crippen molar-refractivity contribution >= 4 is 23.5 Å². The van der Waals surface area contributed by atoms with Crippen molar-refractivity contribution in [1.82, 2.24) is 9.88 Å². The standard InChI is InChI=1S/C16H27N3OS/c1-6-8-17-15-10-13(9-12(3)18-15)16(20)19(4)14(7-2)11-21-5/h9-10,14H,6-8,11H2,1-5H3,(H,17,18). The molecule has 1 atom stereocenters. The minimum atomic E-state index is 0.0703. The third kappa shape index (κ3) is 5.23. The van der Waals surface area contributed by atoms with E-state index in [1.807, 2.05) is 31.0 Å². The molecule has 1 amide bonds. The van der Waals surface area contributed by atoms with E-state index in [-0.39, 0.29) is 11.9 Å². The predicted octanol–water partition coefficient (Wildman–Crippen LogP) is 3.43. The Morgan fingerprint density at radius 3 is 2.71 bits per heavy atom. The first-order valence-corrected chi connectivity index (χ1v) is 8.91. The van der Waals surface area contributed by atoms with Crippen molar-refractivity contribution in [2.45, 2.75) is 39.7 Å². The quantitative estimate of drug-likeness (QED) is 0.799. The van der Waals surface area contributed by atoms with Gasteiger partial charge in [0.25, 0.3) is 5.91 Å². The Kier molecular flexibility index (Phi) is 7.57. The molecule has 1 N–H and O–H groups in total. The number of pyridine rings is 1. The van der Waals surface area contributed by atoms with E-state index in [4.69, 9.17) is 0 Å². The summed E-state index contributed by atoms with van der Waals surface area (Å²) in [6.07, 6.45) is 4.07. The monoisotopic (exact) mass is 309 g/mol. The van der Waals surface area contributed by atoms with Gasteiger partial charge >= 0.3 is 0 Å². The molecule has 1 heterocycles. The van der Waals surface area contributed by atoms with Crippen molar-refractivity contribution in [3.8, 4) is 0 Å². The van der Waals surface area contributed by atoms with Gasteiger partial charge in [-0.2, -0.15) is 11.8 Å². The van der Waals surface area contributed by atoms with Gasteiger partial charge in [0.15, 0.2) is 0 Å². The number of carbonyl (C=O) groups excluding carboxylic acids is 1. The van der Waals surface area contributed by atoms with Crippen LogP contribution in [0.15, 0.2) is 12.1 Å². The van der Waals surface area contributed by atoms with E-state index in [1.165, 1.54) is 0 Å². The molecule has 21 heavy (non-hydrogen) atoms. The Bertz CT molecular complexity index is 465. The van der Waals surface area contributed by atoms with E-state index in [9.17, 15) is 4.79 Å². The van der Waals surface area contributed by atoms with E-state index >= 15 is 0 Å². The molecule has 0 radical (unpaired) electrons. The molecule has 1 unspecified atom stereocenters. The van der Waals surface area contributed by atoms with E-state index in [0.717, 1.165) is 36.7 Å². The summed E-state index contributed by atoms with van der Waals surface area (Å²) in [7, 11) is 1.89. The SMILES string of the molecule is CCCNc1cc(C(=O)N(C)C(CC)CSC)cc(C)n1. The molecule has 0 aliphatic carbocycles. The number of nitrogens with one attached hydrogen (secondary N) is 1. The maximum absolute atomic E-state index is 12.7. The van der Waals surface area contributed by atoms with E-state index in [2.05, 4.69) is 30.4 Å². The third-order valence-electron chi connectivity index (χ3n) is 3.45. The Hall–Kier alpha value is -1.23. The van der Waals surface area contributed by atoms with Crippen molar-refractivity contribution in [2.75, 3.05) is 30.9 Å². The topological polar surface area (TPSA) is 45.2 Å². The van der Waals surface area contributed by atoms with Gasteiger partial charge in [0, 0.05) is 36.6 Å². The van der Waals surface area contributed by atoms with Crippen molar-refractivity contribution < 1.29 is 4.79 Å². The highest BCUT2D eigenvalue weighted by Gasteiger charge is 2.20. The van der Waals surface area contributed by atoms with Gasteiger partial charge in [-0.15, -0.1) is 0 Å². The molecular weight excluding hydrogens is 282 g/mol. The first-order chi connectivity index (χ1) is 10.0. The minimum Gasteiger partial charge on any atom is -0.370 e. The summed E-state index contributed by atoms with van der Waals surface area (Å²) < 4.78 is 0. The number of amides is 1. The van der Waals surface area contributed by atoms with Gasteiger partial charge in [-0.05, 0) is 38.2 Å². The van der Waals surface area contributed by atoms with Gasteiger partial charge in [0.05, 0.1) is 0 Å². The Labute approximate surface area is 132 Å². The highest BCUT2D eigenvalue weighted by Crippen LogP contribution is 2.16. The van der Waals surface area contributed by atoms with Crippen LogP contribution in [0.5, 0.6) is 0 Å². The highest BCUT2D eigenvalue weighted by molar-refractivity contribution is 7.98. The van der Waals surface area contributed by atoms with Gasteiger partial charge < -0.3 is 10.2 Å². The zero-order chi connectivity index (χ0) is 15.8. The van der Waals surface area contributed by atoms with Crippen molar-refractivity contribution in [3.05, 3.63) is 23.4 Å². The molecule has 0 aliphatic rings. The number of carbonyl (C=O) groups is 1. The van der Waals surface area contributed by atoms with Crippen LogP contribution >= 0.6 is 11.8 Å². The van der Waals surface area contributed by atoms with Crippen LogP contribution < -0.4 is 5.32 Å². The summed E-state index contributed by atoms with van der Waals surface area (Å²) in [5.74, 6) is 1.82. The van der Waals surface area contributed by atoms with Crippen LogP contribution in [-0.4, -0.2) is 47.4 Å². The van der Waals surface area contributed by atoms with Gasteiger partial charge in [0.2, 0.25) is 0 Å². The number of rotatable bonds is 8. The summed E-state index contributed by atoms with van der Waals surface area (Å²) in [5, 5.41) is 3.25. The zero-order valence-electron chi connectivity index (χ0n) is 13.8. The zero-order valence-corrected chi connectivity index (χ0v) is 14.6. The number of thioether (sulfide) groups is 1. The van der Waals surface area contributed by atoms with Crippen molar-refractivity contribution in [3.63, 3.8) is 0 Å². The molecule has 0 saturated carbocycles. The molecule has 0 fully saturated rings. The van der Waals surface area contributed by atoms with Gasteiger partial charge in [-0.25, -0.2) is 4.98 Å². The van der Waals surface area contributed by atoms with Crippen LogP contribution in [0.1, 0.15) is 42.7 Å². The number of anilines is 1. The second-order valence-corrected chi connectivity index (χ2v) is 6.15. The number of hydrogen-bond donors (Lipinski definition) is 1. The average Bonchev–Trinajstić information content (AvgIpc) is 2.48. The summed E-state index contributed by atoms with van der Waals surface area (Å²) >= 11 is 1.77. The van der Waals surface area contributed by atoms with Gasteiger partial charge in [-0.3, -0.25) is 4.79 Å². The lowest BCUT2D eigenvalue weighted by Gasteiger charge is -2.27. The Balaban J connectivity index is 2.92. The minimum absolute atomic E-state index is 0.0703. The molecule has 1 rings (SSSR count). The highest BCUT2D eigenvalue weighted by atomic mass is 32.2. The lowest BCUT2D eigenvalue weighted by atomic mass is 10.1. The average molecular weight is 309 g/mol. The fourth-order valence-electron chi connectivity index (χ4n) is 2.20. The number of hydrogen-bond acceptors (Lipinski definition) is 4. The normalized spacial score (nSPS) is 12.0. The fraction of sp³-hybridized carbons (Fsp3) is 0.625. The molecule has 0 spiro atoms. The maximum atomic E-state index is 12.7. The fourth-order valence-corrected chi connectivity index (χ4v) is 3.05. The van der Waals surface area contributed by atoms with Crippen LogP contribution in [0.4, 0.5) is 5.82 Å². The van der Waals surface area contributed by atoms with Crippen LogP contribution in [-0.2, 0) is 0 Å². The van der Waals surface area contributed by atoms with Crippen molar-refractivity contribution in [1.29, 1.82) is 0 Å². The molecule has 0 aromatic carbocycles. The first-order valence-electron chi connectivity index (χ1n) is 7.52. The predicted molar refractivity (Wildman–Crippen MR) is 92.3 cm³/mol. The van der Waals surface area contributed by atoms with Crippen LogP contribution in [0.25, 0.3) is 0 Å². The summed E-state index contributed by atoms with van der Waals surface area (Å²) in [6.45, 7) is 7.02. The van der Waals surface area contributed by atoms with Crippen molar-refractivity contribution in [2.24, 2.45) is 0 Å². The van der Waals surface area contributed by atoms with Gasteiger partial charge in [0.1, 0.15) is 5.82 Å². The summed E-state index contributed by atoms with van der Waals surface area (Å²) in [4.78, 5) is 18.9. The second kappa shape index (κ2) is 8.93.